The van der Waals surface area contributed by atoms with Crippen LogP contribution in [0.4, 0.5) is 0 Å². The third-order valence-electron chi connectivity index (χ3n) is 1.78. The standard InChI is InChI=1S/C8H14BrNO3/c1-4(7(10)13)5(11)6(12)8(2,3)9/h4-5,11H,1-3H3,(H2,10,13). The molecule has 0 aromatic carbocycles. The molecule has 0 saturated carbocycles. The fourth-order valence-corrected chi connectivity index (χ4v) is 0.969. The smallest absolute Gasteiger partial charge is 0.223 e. The highest BCUT2D eigenvalue weighted by Gasteiger charge is 2.35. The van der Waals surface area contributed by atoms with Crippen molar-refractivity contribution in [2.45, 2.75) is 31.2 Å². The molecule has 13 heavy (non-hydrogen) atoms. The predicted molar refractivity (Wildman–Crippen MR) is 52.4 cm³/mol. The van der Waals surface area contributed by atoms with Crippen LogP contribution in [0.25, 0.3) is 0 Å². The third kappa shape index (κ3) is 3.44. The van der Waals surface area contributed by atoms with Gasteiger partial charge in [-0.25, -0.2) is 0 Å². The van der Waals surface area contributed by atoms with E-state index in [9.17, 15) is 14.7 Å². The van der Waals surface area contributed by atoms with Crippen molar-refractivity contribution in [2.75, 3.05) is 0 Å². The second-order valence-corrected chi connectivity index (χ2v) is 5.46. The number of ketones is 1. The molecule has 0 heterocycles. The highest BCUT2D eigenvalue weighted by atomic mass is 79.9. The van der Waals surface area contributed by atoms with Crippen molar-refractivity contribution in [1.82, 2.24) is 0 Å². The Kier molecular flexibility index (Phi) is 4.06. The molecule has 1 amide bonds. The average molecular weight is 252 g/mol. The Hall–Kier alpha value is -0.420. The van der Waals surface area contributed by atoms with Crippen molar-refractivity contribution in [1.29, 1.82) is 0 Å². The fourth-order valence-electron chi connectivity index (χ4n) is 0.734. The third-order valence-corrected chi connectivity index (χ3v) is 2.17. The fraction of sp³-hybridized carbons (Fsp3) is 0.750. The van der Waals surface area contributed by atoms with Crippen molar-refractivity contribution >= 4 is 27.6 Å². The minimum absolute atomic E-state index is 0.446. The van der Waals surface area contributed by atoms with Gasteiger partial charge in [-0.2, -0.15) is 0 Å². The molecule has 0 aromatic rings. The molecule has 0 aromatic heterocycles. The van der Waals surface area contributed by atoms with Gasteiger partial charge in [0.25, 0.3) is 0 Å². The lowest BCUT2D eigenvalue weighted by atomic mass is 9.94. The highest BCUT2D eigenvalue weighted by Crippen LogP contribution is 2.21. The molecule has 4 nitrogen and oxygen atoms in total. The SMILES string of the molecule is CC(C(N)=O)C(O)C(=O)C(C)(C)Br. The molecule has 2 unspecified atom stereocenters. The number of hydrogen-bond donors (Lipinski definition) is 2. The number of carbonyl (C=O) groups is 2. The zero-order valence-electron chi connectivity index (χ0n) is 7.87. The molecular weight excluding hydrogens is 238 g/mol. The monoisotopic (exact) mass is 251 g/mol. The van der Waals surface area contributed by atoms with Gasteiger partial charge >= 0.3 is 0 Å². The van der Waals surface area contributed by atoms with Crippen LogP contribution >= 0.6 is 15.9 Å². The maximum atomic E-state index is 11.4. The van der Waals surface area contributed by atoms with Crippen LogP contribution in [-0.4, -0.2) is 27.2 Å². The van der Waals surface area contributed by atoms with E-state index in [0.717, 1.165) is 0 Å². The quantitative estimate of drug-likeness (QED) is 0.702. The zero-order chi connectivity index (χ0) is 10.8. The Morgan fingerprint density at radius 1 is 1.46 bits per heavy atom. The molecule has 0 fully saturated rings. The van der Waals surface area contributed by atoms with E-state index in [0.29, 0.717) is 0 Å². The second kappa shape index (κ2) is 4.19. The summed E-state index contributed by atoms with van der Waals surface area (Å²) in [6.45, 7) is 4.63. The number of aliphatic hydroxyl groups excluding tert-OH is 1. The van der Waals surface area contributed by atoms with Crippen molar-refractivity contribution in [2.24, 2.45) is 11.7 Å². The average Bonchev–Trinajstić information content (AvgIpc) is 1.98. The molecule has 0 aliphatic carbocycles. The molecule has 0 saturated heterocycles. The molecule has 3 N–H and O–H groups in total. The number of aliphatic hydroxyl groups is 1. The van der Waals surface area contributed by atoms with E-state index in [1.807, 2.05) is 0 Å². The van der Waals surface area contributed by atoms with Gasteiger partial charge < -0.3 is 10.8 Å². The van der Waals surface area contributed by atoms with Crippen LogP contribution in [0.15, 0.2) is 0 Å². The Balaban J connectivity index is 4.53. The highest BCUT2D eigenvalue weighted by molar-refractivity contribution is 9.10. The number of carbonyl (C=O) groups excluding carboxylic acids is 2. The first-order valence-electron chi connectivity index (χ1n) is 3.88. The molecule has 0 radical (unpaired) electrons. The van der Waals surface area contributed by atoms with Gasteiger partial charge in [0.05, 0.1) is 10.2 Å². The number of hydrogen-bond acceptors (Lipinski definition) is 3. The van der Waals surface area contributed by atoms with Crippen molar-refractivity contribution < 1.29 is 14.7 Å². The van der Waals surface area contributed by atoms with Crippen LogP contribution in [0.3, 0.4) is 0 Å². The Bertz CT molecular complexity index is 222. The summed E-state index contributed by atoms with van der Waals surface area (Å²) < 4.78 is -0.837. The van der Waals surface area contributed by atoms with Gasteiger partial charge in [0.2, 0.25) is 5.91 Å². The Morgan fingerprint density at radius 2 is 1.85 bits per heavy atom. The number of primary amides is 1. The Morgan fingerprint density at radius 3 is 2.08 bits per heavy atom. The maximum Gasteiger partial charge on any atom is 0.223 e. The predicted octanol–water partition coefficient (Wildman–Crippen LogP) is 0.211. The van der Waals surface area contributed by atoms with E-state index in [2.05, 4.69) is 15.9 Å². The topological polar surface area (TPSA) is 80.4 Å². The first kappa shape index (κ1) is 12.6. The van der Waals surface area contributed by atoms with Gasteiger partial charge in [0.15, 0.2) is 5.78 Å². The number of halogens is 1. The lowest BCUT2D eigenvalue weighted by Crippen LogP contribution is -2.43. The zero-order valence-corrected chi connectivity index (χ0v) is 9.46. The molecule has 0 aliphatic rings. The molecule has 2 atom stereocenters. The summed E-state index contributed by atoms with van der Waals surface area (Å²) in [4.78, 5) is 22.1. The van der Waals surface area contributed by atoms with E-state index in [4.69, 9.17) is 5.73 Å². The maximum absolute atomic E-state index is 11.4. The van der Waals surface area contributed by atoms with E-state index < -0.39 is 28.0 Å². The van der Waals surface area contributed by atoms with Crippen molar-refractivity contribution in [3.05, 3.63) is 0 Å². The van der Waals surface area contributed by atoms with Crippen LogP contribution in [-0.2, 0) is 9.59 Å². The molecule has 76 valence electrons. The van der Waals surface area contributed by atoms with Crippen LogP contribution in [0.5, 0.6) is 0 Å². The van der Waals surface area contributed by atoms with Crippen molar-refractivity contribution in [3.8, 4) is 0 Å². The number of alkyl halides is 1. The number of rotatable bonds is 4. The normalized spacial score (nSPS) is 16.4. The summed E-state index contributed by atoms with van der Waals surface area (Å²) in [5, 5.41) is 9.41. The van der Waals surface area contributed by atoms with Crippen molar-refractivity contribution in [3.63, 3.8) is 0 Å². The molecule has 0 rings (SSSR count). The lowest BCUT2D eigenvalue weighted by Gasteiger charge is -2.21. The van der Waals surface area contributed by atoms with E-state index in [1.165, 1.54) is 6.92 Å². The minimum atomic E-state index is -1.34. The van der Waals surface area contributed by atoms with Gasteiger partial charge in [0.1, 0.15) is 6.10 Å². The van der Waals surface area contributed by atoms with Crippen LogP contribution in [0.2, 0.25) is 0 Å². The van der Waals surface area contributed by atoms with Gasteiger partial charge in [-0.1, -0.05) is 22.9 Å². The van der Waals surface area contributed by atoms with E-state index >= 15 is 0 Å². The van der Waals surface area contributed by atoms with Gasteiger partial charge in [0, 0.05) is 0 Å². The summed E-state index contributed by atoms with van der Waals surface area (Å²) in [6.07, 6.45) is -1.34. The summed E-state index contributed by atoms with van der Waals surface area (Å²) >= 11 is 3.10. The first-order valence-corrected chi connectivity index (χ1v) is 4.68. The van der Waals surface area contributed by atoms with Crippen LogP contribution < -0.4 is 5.73 Å². The van der Waals surface area contributed by atoms with Crippen LogP contribution in [0.1, 0.15) is 20.8 Å². The first-order chi connectivity index (χ1) is 5.68. The van der Waals surface area contributed by atoms with Gasteiger partial charge in [-0.05, 0) is 13.8 Å². The van der Waals surface area contributed by atoms with Gasteiger partial charge in [-0.15, -0.1) is 0 Å². The van der Waals surface area contributed by atoms with E-state index in [1.54, 1.807) is 13.8 Å². The number of nitrogens with two attached hydrogens (primary N) is 1. The second-order valence-electron chi connectivity index (χ2n) is 3.47. The molecule has 0 bridgehead atoms. The Labute approximate surface area is 85.6 Å². The molecule has 0 aliphatic heterocycles. The summed E-state index contributed by atoms with van der Waals surface area (Å²) in [5.74, 6) is -1.99. The molecule has 0 spiro atoms. The minimum Gasteiger partial charge on any atom is -0.384 e. The number of Topliss-reactive ketones (excluding diaryl/α,β-unsaturated/α-hetero) is 1. The van der Waals surface area contributed by atoms with Crippen LogP contribution in [0, 0.1) is 5.92 Å². The summed E-state index contributed by atoms with van der Waals surface area (Å²) in [7, 11) is 0. The molecular formula is C8H14BrNO3. The summed E-state index contributed by atoms with van der Waals surface area (Å²) in [6, 6.07) is 0. The largest absolute Gasteiger partial charge is 0.384 e. The van der Waals surface area contributed by atoms with Gasteiger partial charge in [-0.3, -0.25) is 9.59 Å². The lowest BCUT2D eigenvalue weighted by molar-refractivity contribution is -0.137. The number of amides is 1. The van der Waals surface area contributed by atoms with E-state index in [-0.39, 0.29) is 0 Å². The molecule has 5 heteroatoms. The summed E-state index contributed by atoms with van der Waals surface area (Å²) in [5.41, 5.74) is 4.95.